The Labute approximate surface area is 161 Å². The molecule has 3 aromatic rings. The van der Waals surface area contributed by atoms with Gasteiger partial charge in [0.1, 0.15) is 12.3 Å². The van der Waals surface area contributed by atoms with Gasteiger partial charge >= 0.3 is 5.97 Å². The van der Waals surface area contributed by atoms with E-state index in [1.807, 2.05) is 30.3 Å². The third-order valence-electron chi connectivity index (χ3n) is 3.86. The van der Waals surface area contributed by atoms with Crippen LogP contribution in [0.2, 0.25) is 0 Å². The molecule has 8 nitrogen and oxygen atoms in total. The Hall–Kier alpha value is -3.68. The van der Waals surface area contributed by atoms with E-state index in [0.29, 0.717) is 17.2 Å². The van der Waals surface area contributed by atoms with Gasteiger partial charge in [-0.25, -0.2) is 0 Å². The average Bonchev–Trinajstić information content (AvgIpc) is 3.23. The second kappa shape index (κ2) is 8.81. The van der Waals surface area contributed by atoms with Crippen molar-refractivity contribution in [3.8, 4) is 17.2 Å². The van der Waals surface area contributed by atoms with Gasteiger partial charge in [0.05, 0.1) is 12.7 Å². The lowest BCUT2D eigenvalue weighted by atomic mass is 10.2. The molecule has 0 bridgehead atoms. The fraction of sp³-hybridized carbons (Fsp3) is 0.200. The number of hydrogen-bond acceptors (Lipinski definition) is 7. The average molecular weight is 381 g/mol. The van der Waals surface area contributed by atoms with Crippen LogP contribution in [0.3, 0.4) is 0 Å². The third kappa shape index (κ3) is 4.53. The number of benzene rings is 2. The van der Waals surface area contributed by atoms with Gasteiger partial charge in [0.2, 0.25) is 5.89 Å². The number of hydrogen-bond donors (Lipinski definition) is 1. The topological polar surface area (TPSA) is 104 Å². The van der Waals surface area contributed by atoms with Crippen LogP contribution >= 0.6 is 0 Å². The number of esters is 1. The maximum Gasteiger partial charge on any atom is 0.326 e. The molecule has 144 valence electrons. The van der Waals surface area contributed by atoms with Crippen LogP contribution in [0.15, 0.2) is 59.0 Å². The smallest absolute Gasteiger partial charge is 0.326 e. The minimum absolute atomic E-state index is 0.170. The summed E-state index contributed by atoms with van der Waals surface area (Å²) in [5.74, 6) is -0.145. The second-order valence-corrected chi connectivity index (χ2v) is 5.83. The summed E-state index contributed by atoms with van der Waals surface area (Å²) < 4.78 is 15.9. The van der Waals surface area contributed by atoms with Gasteiger partial charge < -0.3 is 19.2 Å². The Morgan fingerprint density at radius 3 is 2.54 bits per heavy atom. The quantitative estimate of drug-likeness (QED) is 0.628. The number of methoxy groups -OCH3 is 1. The number of nitrogens with zero attached hydrogens (tertiary/aromatic N) is 2. The van der Waals surface area contributed by atoms with Crippen molar-refractivity contribution in [2.45, 2.75) is 13.0 Å². The van der Waals surface area contributed by atoms with Crippen molar-refractivity contribution in [1.29, 1.82) is 0 Å². The molecule has 0 saturated heterocycles. The molecular formula is C20H19N3O5. The second-order valence-electron chi connectivity index (χ2n) is 5.83. The van der Waals surface area contributed by atoms with Crippen LogP contribution in [0.4, 0.5) is 0 Å². The maximum atomic E-state index is 12.2. The number of amides is 1. The van der Waals surface area contributed by atoms with Crippen molar-refractivity contribution in [3.63, 3.8) is 0 Å². The Morgan fingerprint density at radius 1 is 1.07 bits per heavy atom. The van der Waals surface area contributed by atoms with E-state index < -0.39 is 18.0 Å². The van der Waals surface area contributed by atoms with Gasteiger partial charge in [-0.05, 0) is 31.2 Å². The molecular weight excluding hydrogens is 362 g/mol. The van der Waals surface area contributed by atoms with Crippen LogP contribution in [0.1, 0.15) is 29.3 Å². The van der Waals surface area contributed by atoms with E-state index in [-0.39, 0.29) is 12.4 Å². The zero-order valence-corrected chi connectivity index (χ0v) is 15.4. The Bertz CT molecular complexity index is 955. The number of ether oxygens (including phenoxy) is 2. The number of aromatic nitrogens is 2. The molecule has 0 saturated carbocycles. The Balaban J connectivity index is 1.55. The van der Waals surface area contributed by atoms with Gasteiger partial charge in [0.25, 0.3) is 11.8 Å². The van der Waals surface area contributed by atoms with E-state index in [0.717, 1.165) is 5.56 Å². The molecule has 1 amide bonds. The number of carbonyl (C=O) groups is 2. The molecule has 0 spiro atoms. The molecule has 1 heterocycles. The van der Waals surface area contributed by atoms with Gasteiger partial charge in [-0.1, -0.05) is 30.3 Å². The number of para-hydroxylation sites is 1. The van der Waals surface area contributed by atoms with Crippen LogP contribution in [0.5, 0.6) is 5.75 Å². The van der Waals surface area contributed by atoms with Gasteiger partial charge in [-0.3, -0.25) is 9.59 Å². The van der Waals surface area contributed by atoms with Gasteiger partial charge in [0.15, 0.2) is 6.10 Å². The summed E-state index contributed by atoms with van der Waals surface area (Å²) in [7, 11) is 1.47. The molecule has 0 aliphatic carbocycles. The molecule has 28 heavy (non-hydrogen) atoms. The highest BCUT2D eigenvalue weighted by Gasteiger charge is 2.20. The van der Waals surface area contributed by atoms with Crippen molar-refractivity contribution in [2.75, 3.05) is 13.7 Å². The fourth-order valence-electron chi connectivity index (χ4n) is 2.47. The monoisotopic (exact) mass is 381 g/mol. The lowest BCUT2D eigenvalue weighted by molar-refractivity contribution is -0.148. The lowest BCUT2D eigenvalue weighted by Crippen LogP contribution is -2.31. The highest BCUT2D eigenvalue weighted by Crippen LogP contribution is 2.22. The predicted molar refractivity (Wildman–Crippen MR) is 99.6 cm³/mol. The van der Waals surface area contributed by atoms with Crippen LogP contribution in [0, 0.1) is 0 Å². The van der Waals surface area contributed by atoms with E-state index in [2.05, 4.69) is 15.5 Å². The summed E-state index contributed by atoms with van der Waals surface area (Å²) >= 11 is 0. The largest absolute Gasteiger partial charge is 0.496 e. The van der Waals surface area contributed by atoms with Crippen LogP contribution in [0.25, 0.3) is 11.5 Å². The zero-order chi connectivity index (χ0) is 19.9. The summed E-state index contributed by atoms with van der Waals surface area (Å²) in [5.41, 5.74) is 1.10. The maximum absolute atomic E-state index is 12.2. The molecule has 0 aliphatic rings. The Morgan fingerprint density at radius 2 is 1.79 bits per heavy atom. The van der Waals surface area contributed by atoms with Crippen LogP contribution in [-0.4, -0.2) is 35.7 Å². The number of rotatable bonds is 7. The highest BCUT2D eigenvalue weighted by molar-refractivity contribution is 5.98. The first-order chi connectivity index (χ1) is 13.6. The molecule has 0 aliphatic heterocycles. The van der Waals surface area contributed by atoms with Crippen molar-refractivity contribution < 1.29 is 23.5 Å². The number of nitrogens with one attached hydrogen (secondary N) is 1. The zero-order valence-electron chi connectivity index (χ0n) is 15.4. The molecule has 0 fully saturated rings. The summed E-state index contributed by atoms with van der Waals surface area (Å²) in [6.45, 7) is 1.31. The van der Waals surface area contributed by atoms with Gasteiger partial charge in [-0.2, -0.15) is 0 Å². The van der Waals surface area contributed by atoms with Crippen molar-refractivity contribution >= 4 is 11.9 Å². The normalized spacial score (nSPS) is 11.5. The molecule has 0 radical (unpaired) electrons. The molecule has 2 aromatic carbocycles. The lowest BCUT2D eigenvalue weighted by Gasteiger charge is -2.11. The molecule has 1 N–H and O–H groups in total. The van der Waals surface area contributed by atoms with Crippen molar-refractivity contribution in [3.05, 3.63) is 66.1 Å². The number of carbonyl (C=O) groups excluding carboxylic acids is 2. The van der Waals surface area contributed by atoms with E-state index >= 15 is 0 Å². The minimum Gasteiger partial charge on any atom is -0.496 e. The highest BCUT2D eigenvalue weighted by atomic mass is 16.6. The standard InChI is InChI=1S/C20H19N3O5/c1-13(19-22-23-20(28-19)14-8-4-3-5-9-14)27-17(24)12-21-18(25)15-10-6-7-11-16(15)26-2/h3-11,13H,12H2,1-2H3,(H,21,25)/t13-/m1/s1. The van der Waals surface area contributed by atoms with E-state index in [1.165, 1.54) is 7.11 Å². The summed E-state index contributed by atoms with van der Waals surface area (Å²) in [5, 5.41) is 10.4. The van der Waals surface area contributed by atoms with Gasteiger partial charge in [0, 0.05) is 5.56 Å². The summed E-state index contributed by atoms with van der Waals surface area (Å²) in [6.07, 6.45) is -0.749. The van der Waals surface area contributed by atoms with E-state index in [4.69, 9.17) is 13.9 Å². The molecule has 1 aromatic heterocycles. The summed E-state index contributed by atoms with van der Waals surface area (Å²) in [4.78, 5) is 24.2. The molecule has 8 heteroatoms. The first-order valence-electron chi connectivity index (χ1n) is 8.58. The molecule has 1 atom stereocenters. The first-order valence-corrected chi connectivity index (χ1v) is 8.58. The fourth-order valence-corrected chi connectivity index (χ4v) is 2.47. The van der Waals surface area contributed by atoms with E-state index in [1.54, 1.807) is 31.2 Å². The summed E-state index contributed by atoms with van der Waals surface area (Å²) in [6, 6.07) is 16.0. The van der Waals surface area contributed by atoms with Crippen LogP contribution < -0.4 is 10.1 Å². The molecule has 3 rings (SSSR count). The van der Waals surface area contributed by atoms with Crippen LogP contribution in [-0.2, 0) is 9.53 Å². The Kier molecular flexibility index (Phi) is 6.01. The predicted octanol–water partition coefficient (Wildman–Crippen LogP) is 2.78. The SMILES string of the molecule is COc1ccccc1C(=O)NCC(=O)O[C@H](C)c1nnc(-c2ccccc2)o1. The third-order valence-corrected chi connectivity index (χ3v) is 3.86. The molecule has 0 unspecified atom stereocenters. The van der Waals surface area contributed by atoms with Gasteiger partial charge in [-0.15, -0.1) is 10.2 Å². The van der Waals surface area contributed by atoms with E-state index in [9.17, 15) is 9.59 Å². The first kappa shape index (κ1) is 19.1. The van der Waals surface area contributed by atoms with Crippen molar-refractivity contribution in [2.24, 2.45) is 0 Å². The van der Waals surface area contributed by atoms with Crippen molar-refractivity contribution in [1.82, 2.24) is 15.5 Å². The minimum atomic E-state index is -0.749.